The zero-order valence-electron chi connectivity index (χ0n) is 16.1. The number of hydrogen-bond acceptors (Lipinski definition) is 3. The maximum atomic E-state index is 13.5. The summed E-state index contributed by atoms with van der Waals surface area (Å²) in [6.07, 6.45) is 4.49. The largest absolute Gasteiger partial charge is 0.273 e. The number of hydrogen-bond donors (Lipinski definition) is 0. The molecule has 1 amide bonds. The summed E-state index contributed by atoms with van der Waals surface area (Å²) in [5.74, 6) is -1.12. The van der Waals surface area contributed by atoms with E-state index in [1.54, 1.807) is 24.3 Å². The van der Waals surface area contributed by atoms with Gasteiger partial charge in [0.1, 0.15) is 18.2 Å². The molecule has 2 aromatic rings. The molecule has 1 aliphatic heterocycles. The van der Waals surface area contributed by atoms with E-state index in [-0.39, 0.29) is 30.1 Å². The van der Waals surface area contributed by atoms with Gasteiger partial charge in [0.25, 0.3) is 0 Å². The van der Waals surface area contributed by atoms with Gasteiger partial charge >= 0.3 is 0 Å². The third-order valence-corrected chi connectivity index (χ3v) is 5.45. The number of hydrazone groups is 1. The van der Waals surface area contributed by atoms with Crippen LogP contribution in [0.25, 0.3) is 16.5 Å². The minimum atomic E-state index is -0.412. The van der Waals surface area contributed by atoms with Gasteiger partial charge in [-0.2, -0.15) is 5.10 Å². The van der Waals surface area contributed by atoms with Gasteiger partial charge in [0.2, 0.25) is 5.91 Å². The molecule has 4 rings (SSSR count). The number of carbonyl (C=O) groups excluding carboxylic acids is 1. The van der Waals surface area contributed by atoms with Gasteiger partial charge in [-0.05, 0) is 71.8 Å². The summed E-state index contributed by atoms with van der Waals surface area (Å²) in [6, 6.07) is 11.9. The molecular weight excluding hydrogens is 388 g/mol. The standard InChI is InChI=1S/C22H19F2N5O/c23-17-8-4-14(5-9-17)12-16-2-1-3-19-21(16)27-29(20(30)13-26-28-25)22(19)15-6-10-18(24)11-7-15/h4-12,19,22H,1-3,13H2/b16-12-/t19-,22-/m0/s1. The van der Waals surface area contributed by atoms with Gasteiger partial charge in [-0.1, -0.05) is 29.4 Å². The van der Waals surface area contributed by atoms with E-state index in [1.807, 2.05) is 6.08 Å². The molecule has 0 N–H and O–H groups in total. The summed E-state index contributed by atoms with van der Waals surface area (Å²) in [5.41, 5.74) is 12.0. The number of carbonyl (C=O) groups is 1. The Balaban J connectivity index is 1.73. The van der Waals surface area contributed by atoms with Gasteiger partial charge in [0, 0.05) is 10.8 Å². The molecule has 152 valence electrons. The number of benzene rings is 2. The zero-order valence-corrected chi connectivity index (χ0v) is 16.1. The summed E-state index contributed by atoms with van der Waals surface area (Å²) < 4.78 is 26.7. The van der Waals surface area contributed by atoms with Gasteiger partial charge in [-0.25, -0.2) is 13.8 Å². The van der Waals surface area contributed by atoms with Gasteiger partial charge in [0.15, 0.2) is 0 Å². The molecule has 0 aromatic heterocycles. The second-order valence-corrected chi connectivity index (χ2v) is 7.33. The maximum absolute atomic E-state index is 13.5. The van der Waals surface area contributed by atoms with Crippen LogP contribution in [-0.2, 0) is 4.79 Å². The predicted octanol–water partition coefficient (Wildman–Crippen LogP) is 5.40. The van der Waals surface area contributed by atoms with Gasteiger partial charge in [0.05, 0.1) is 11.8 Å². The third kappa shape index (κ3) is 3.95. The Kier molecular flexibility index (Phi) is 5.59. The summed E-state index contributed by atoms with van der Waals surface area (Å²) in [5, 5.41) is 9.37. The lowest BCUT2D eigenvalue weighted by Crippen LogP contribution is -2.33. The number of rotatable bonds is 4. The minimum Gasteiger partial charge on any atom is -0.273 e. The number of nitrogens with zero attached hydrogens (tertiary/aromatic N) is 5. The summed E-state index contributed by atoms with van der Waals surface area (Å²) in [7, 11) is 0. The van der Waals surface area contributed by atoms with E-state index in [0.717, 1.165) is 41.7 Å². The number of fused-ring (bicyclic) bond motifs is 1. The molecule has 2 aromatic carbocycles. The first kappa shape index (κ1) is 19.8. The molecule has 0 radical (unpaired) electrons. The van der Waals surface area contributed by atoms with Crippen molar-refractivity contribution in [1.29, 1.82) is 0 Å². The highest BCUT2D eigenvalue weighted by atomic mass is 19.1. The van der Waals surface area contributed by atoms with E-state index in [0.29, 0.717) is 0 Å². The topological polar surface area (TPSA) is 81.4 Å². The van der Waals surface area contributed by atoms with Crippen molar-refractivity contribution in [2.24, 2.45) is 16.1 Å². The van der Waals surface area contributed by atoms with E-state index < -0.39 is 5.91 Å². The number of allylic oxidation sites excluding steroid dienone is 1. The fourth-order valence-corrected chi connectivity index (χ4v) is 4.13. The molecule has 0 spiro atoms. The van der Waals surface area contributed by atoms with Gasteiger partial charge < -0.3 is 0 Å². The van der Waals surface area contributed by atoms with Crippen molar-refractivity contribution in [2.45, 2.75) is 25.3 Å². The van der Waals surface area contributed by atoms with E-state index in [4.69, 9.17) is 5.53 Å². The van der Waals surface area contributed by atoms with Crippen LogP contribution in [0.5, 0.6) is 0 Å². The monoisotopic (exact) mass is 407 g/mol. The molecule has 0 bridgehead atoms. The Hall–Kier alpha value is -3.51. The van der Waals surface area contributed by atoms with Gasteiger partial charge in [-0.3, -0.25) is 4.79 Å². The van der Waals surface area contributed by atoms with E-state index >= 15 is 0 Å². The van der Waals surface area contributed by atoms with Crippen molar-refractivity contribution in [3.05, 3.63) is 87.3 Å². The minimum absolute atomic E-state index is 0.0501. The van der Waals surface area contributed by atoms with Crippen LogP contribution in [0.3, 0.4) is 0 Å². The van der Waals surface area contributed by atoms with Crippen LogP contribution in [0.2, 0.25) is 0 Å². The number of amides is 1. The van der Waals surface area contributed by atoms with E-state index in [9.17, 15) is 13.6 Å². The fourth-order valence-electron chi connectivity index (χ4n) is 4.13. The van der Waals surface area contributed by atoms with Crippen LogP contribution in [0.4, 0.5) is 8.78 Å². The second-order valence-electron chi connectivity index (χ2n) is 7.33. The van der Waals surface area contributed by atoms with Gasteiger partial charge in [-0.15, -0.1) is 0 Å². The highest BCUT2D eigenvalue weighted by molar-refractivity contribution is 6.08. The van der Waals surface area contributed by atoms with Crippen LogP contribution in [0.15, 0.2) is 64.3 Å². The quantitative estimate of drug-likeness (QED) is 0.380. The Bertz CT molecular complexity index is 1060. The lowest BCUT2D eigenvalue weighted by Gasteiger charge is -2.29. The molecule has 0 unspecified atom stereocenters. The molecule has 1 saturated carbocycles. The molecule has 8 heteroatoms. The third-order valence-electron chi connectivity index (χ3n) is 5.45. The molecular formula is C22H19F2N5O. The van der Waals surface area contributed by atoms with Crippen molar-refractivity contribution in [1.82, 2.24) is 5.01 Å². The lowest BCUT2D eigenvalue weighted by atomic mass is 9.77. The van der Waals surface area contributed by atoms with Crippen LogP contribution in [-0.4, -0.2) is 23.2 Å². The van der Waals surface area contributed by atoms with Crippen molar-refractivity contribution in [3.8, 4) is 0 Å². The zero-order chi connectivity index (χ0) is 21.1. The molecule has 30 heavy (non-hydrogen) atoms. The predicted molar refractivity (Wildman–Crippen MR) is 109 cm³/mol. The second kappa shape index (κ2) is 8.47. The normalized spacial score (nSPS) is 21.7. The Morgan fingerprint density at radius 3 is 2.50 bits per heavy atom. The van der Waals surface area contributed by atoms with Crippen LogP contribution >= 0.6 is 0 Å². The summed E-state index contributed by atoms with van der Waals surface area (Å²) in [4.78, 5) is 15.4. The first-order valence-corrected chi connectivity index (χ1v) is 9.70. The highest BCUT2D eigenvalue weighted by Gasteiger charge is 2.43. The number of azide groups is 1. The Morgan fingerprint density at radius 1 is 1.17 bits per heavy atom. The maximum Gasteiger partial charge on any atom is 0.249 e. The smallest absolute Gasteiger partial charge is 0.249 e. The molecule has 2 atom stereocenters. The highest BCUT2D eigenvalue weighted by Crippen LogP contribution is 2.44. The lowest BCUT2D eigenvalue weighted by molar-refractivity contribution is -0.132. The van der Waals surface area contributed by atoms with Crippen molar-refractivity contribution >= 4 is 17.7 Å². The van der Waals surface area contributed by atoms with E-state index in [1.165, 1.54) is 29.3 Å². The van der Waals surface area contributed by atoms with E-state index in [2.05, 4.69) is 15.1 Å². The average Bonchev–Trinajstić information content (AvgIpc) is 3.15. The summed E-state index contributed by atoms with van der Waals surface area (Å²) >= 11 is 0. The summed E-state index contributed by atoms with van der Waals surface area (Å²) in [6.45, 7) is -0.339. The molecule has 1 fully saturated rings. The molecule has 1 aliphatic carbocycles. The van der Waals surface area contributed by atoms with Crippen LogP contribution in [0.1, 0.15) is 36.4 Å². The van der Waals surface area contributed by atoms with Crippen LogP contribution in [0, 0.1) is 17.6 Å². The molecule has 0 saturated heterocycles. The first-order valence-electron chi connectivity index (χ1n) is 9.70. The Morgan fingerprint density at radius 2 is 1.83 bits per heavy atom. The van der Waals surface area contributed by atoms with Crippen LogP contribution < -0.4 is 0 Å². The number of halogens is 2. The van der Waals surface area contributed by atoms with Crippen molar-refractivity contribution in [3.63, 3.8) is 0 Å². The van der Waals surface area contributed by atoms with Crippen molar-refractivity contribution < 1.29 is 13.6 Å². The first-order chi connectivity index (χ1) is 14.6. The average molecular weight is 407 g/mol. The fraction of sp³-hybridized carbons (Fsp3) is 0.273. The van der Waals surface area contributed by atoms with Crippen molar-refractivity contribution in [2.75, 3.05) is 6.54 Å². The molecule has 2 aliphatic rings. The molecule has 6 nitrogen and oxygen atoms in total. The molecule has 1 heterocycles. The Labute approximate surface area is 172 Å². The SMILES string of the molecule is [N-]=[N+]=NCC(=O)N1N=C2/C(=C\c3ccc(F)cc3)CCC[C@@H]2[C@@H]1c1ccc(F)cc1.